The van der Waals surface area contributed by atoms with Gasteiger partial charge in [-0.15, -0.1) is 0 Å². The fraction of sp³-hybridized carbons (Fsp3) is 0.680. The lowest BCUT2D eigenvalue weighted by atomic mass is 10.1. The molecule has 4 heterocycles. The lowest BCUT2D eigenvalue weighted by molar-refractivity contribution is 0.0218. The van der Waals surface area contributed by atoms with E-state index >= 15 is 0 Å². The van der Waals surface area contributed by atoms with Crippen LogP contribution < -0.4 is 4.90 Å². The molecular formula is C25H35N7O2. The second-order valence-corrected chi connectivity index (χ2v) is 11.0. The van der Waals surface area contributed by atoms with Crippen molar-refractivity contribution in [2.75, 3.05) is 37.6 Å². The van der Waals surface area contributed by atoms with Crippen molar-refractivity contribution in [3.05, 3.63) is 18.1 Å². The summed E-state index contributed by atoms with van der Waals surface area (Å²) in [5.41, 5.74) is 1.80. The van der Waals surface area contributed by atoms with Gasteiger partial charge in [-0.05, 0) is 64.9 Å². The Balaban J connectivity index is 1.45. The van der Waals surface area contributed by atoms with Crippen molar-refractivity contribution in [3.8, 4) is 6.19 Å². The Morgan fingerprint density at radius 1 is 1.15 bits per heavy atom. The summed E-state index contributed by atoms with van der Waals surface area (Å²) >= 11 is 0. The van der Waals surface area contributed by atoms with Gasteiger partial charge in [-0.2, -0.15) is 5.26 Å². The van der Waals surface area contributed by atoms with Gasteiger partial charge < -0.3 is 24.0 Å². The van der Waals surface area contributed by atoms with Crippen molar-refractivity contribution in [3.63, 3.8) is 0 Å². The molecule has 1 saturated carbocycles. The molecule has 2 aromatic heterocycles. The third kappa shape index (κ3) is 4.38. The van der Waals surface area contributed by atoms with E-state index in [1.54, 1.807) is 11.2 Å². The zero-order chi connectivity index (χ0) is 24.0. The number of likely N-dealkylation sites (tertiary alicyclic amines) is 1. The molecule has 9 heteroatoms. The van der Waals surface area contributed by atoms with E-state index in [0.29, 0.717) is 25.6 Å². The van der Waals surface area contributed by atoms with Gasteiger partial charge in [0.25, 0.3) is 0 Å². The monoisotopic (exact) mass is 465 g/mol. The van der Waals surface area contributed by atoms with Crippen molar-refractivity contribution in [2.24, 2.45) is 0 Å². The molecule has 1 unspecified atom stereocenters. The summed E-state index contributed by atoms with van der Waals surface area (Å²) < 4.78 is 7.90. The van der Waals surface area contributed by atoms with E-state index in [2.05, 4.69) is 28.8 Å². The molecule has 34 heavy (non-hydrogen) atoms. The molecule has 3 aliphatic rings. The number of fused-ring (bicyclic) bond motifs is 1. The number of aromatic nitrogens is 3. The van der Waals surface area contributed by atoms with E-state index in [-0.39, 0.29) is 18.2 Å². The number of piperazine rings is 1. The highest BCUT2D eigenvalue weighted by Crippen LogP contribution is 2.46. The standard InChI is InChI=1S/C25H35N7O2/c1-17-12-30(24(33)34-25(2,3)4)10-11-31(17)22-21-20(18-7-8-18)14-32(23(21)28-16-27-22)19-6-5-9-29(13-19)15-26/h14,16-19H,5-13H2,1-4H3/t17-,19?/m0/s1. The highest BCUT2D eigenvalue weighted by Gasteiger charge is 2.35. The first-order chi connectivity index (χ1) is 16.2. The lowest BCUT2D eigenvalue weighted by Crippen LogP contribution is -2.54. The van der Waals surface area contributed by atoms with Crippen LogP contribution in [0.3, 0.4) is 0 Å². The normalized spacial score (nSPS) is 23.8. The largest absolute Gasteiger partial charge is 0.444 e. The van der Waals surface area contributed by atoms with Crippen LogP contribution in [0.2, 0.25) is 0 Å². The number of ether oxygens (including phenoxy) is 1. The van der Waals surface area contributed by atoms with Crippen LogP contribution in [-0.4, -0.2) is 74.8 Å². The van der Waals surface area contributed by atoms with Gasteiger partial charge in [0.05, 0.1) is 11.4 Å². The van der Waals surface area contributed by atoms with Gasteiger partial charge in [-0.3, -0.25) is 0 Å². The highest BCUT2D eigenvalue weighted by atomic mass is 16.6. The smallest absolute Gasteiger partial charge is 0.410 e. The topological polar surface area (TPSA) is 90.5 Å². The SMILES string of the molecule is C[C@H]1CN(C(=O)OC(C)(C)C)CCN1c1ncnc2c1c(C1CC1)cn2C1CCCN(C#N)C1. The first-order valence-corrected chi connectivity index (χ1v) is 12.5. The number of nitriles is 1. The number of carbonyl (C=O) groups is 1. The Bertz CT molecular complexity index is 1110. The number of carbonyl (C=O) groups excluding carboxylic acids is 1. The molecule has 2 saturated heterocycles. The summed E-state index contributed by atoms with van der Waals surface area (Å²) in [7, 11) is 0. The van der Waals surface area contributed by atoms with Crippen LogP contribution >= 0.6 is 0 Å². The molecule has 2 aliphatic heterocycles. The summed E-state index contributed by atoms with van der Waals surface area (Å²) in [6.07, 6.45) is 10.5. The van der Waals surface area contributed by atoms with Crippen molar-refractivity contribution < 1.29 is 9.53 Å². The fourth-order valence-electron chi connectivity index (χ4n) is 5.33. The molecule has 5 rings (SSSR count). The van der Waals surface area contributed by atoms with E-state index in [0.717, 1.165) is 42.8 Å². The van der Waals surface area contributed by atoms with Crippen LogP contribution in [0.15, 0.2) is 12.5 Å². The van der Waals surface area contributed by atoms with Gasteiger partial charge in [0.15, 0.2) is 6.19 Å². The summed E-state index contributed by atoms with van der Waals surface area (Å²) in [4.78, 5) is 28.1. The van der Waals surface area contributed by atoms with E-state index in [1.165, 1.54) is 18.4 Å². The Kier molecular flexibility index (Phi) is 5.78. The van der Waals surface area contributed by atoms with Crippen molar-refractivity contribution >= 4 is 22.9 Å². The molecule has 3 fully saturated rings. The molecule has 9 nitrogen and oxygen atoms in total. The van der Waals surface area contributed by atoms with E-state index in [9.17, 15) is 10.1 Å². The molecular weight excluding hydrogens is 430 g/mol. The quantitative estimate of drug-likeness (QED) is 0.636. The number of amides is 1. The van der Waals surface area contributed by atoms with Gasteiger partial charge in [0, 0.05) is 45.0 Å². The molecule has 1 aliphatic carbocycles. The number of piperidine rings is 1. The molecule has 2 atom stereocenters. The Morgan fingerprint density at radius 2 is 1.94 bits per heavy atom. The molecule has 2 aromatic rings. The van der Waals surface area contributed by atoms with Crippen LogP contribution in [0.1, 0.15) is 70.9 Å². The highest BCUT2D eigenvalue weighted by molar-refractivity contribution is 5.92. The Morgan fingerprint density at radius 3 is 2.62 bits per heavy atom. The number of nitrogens with zero attached hydrogens (tertiary/aromatic N) is 7. The van der Waals surface area contributed by atoms with E-state index < -0.39 is 5.60 Å². The van der Waals surface area contributed by atoms with Gasteiger partial charge >= 0.3 is 6.09 Å². The van der Waals surface area contributed by atoms with Crippen molar-refractivity contribution in [2.45, 2.75) is 77.0 Å². The Hall–Kier alpha value is -3.02. The number of hydrogen-bond acceptors (Lipinski definition) is 7. The molecule has 0 radical (unpaired) electrons. The molecule has 0 aromatic carbocycles. The maximum atomic E-state index is 12.6. The van der Waals surface area contributed by atoms with Crippen LogP contribution in [0.5, 0.6) is 0 Å². The molecule has 182 valence electrons. The second kappa shape index (κ2) is 8.64. The predicted octanol–water partition coefficient (Wildman–Crippen LogP) is 3.87. The maximum absolute atomic E-state index is 12.6. The summed E-state index contributed by atoms with van der Waals surface area (Å²) in [5.74, 6) is 1.53. The number of rotatable bonds is 3. The molecule has 0 spiro atoms. The van der Waals surface area contributed by atoms with Gasteiger partial charge in [0.2, 0.25) is 0 Å². The van der Waals surface area contributed by atoms with E-state index in [1.807, 2.05) is 25.7 Å². The third-order valence-electron chi connectivity index (χ3n) is 7.12. The van der Waals surface area contributed by atoms with Gasteiger partial charge in [0.1, 0.15) is 23.4 Å². The zero-order valence-electron chi connectivity index (χ0n) is 20.7. The first-order valence-electron chi connectivity index (χ1n) is 12.5. The summed E-state index contributed by atoms with van der Waals surface area (Å²) in [6.45, 7) is 11.3. The summed E-state index contributed by atoms with van der Waals surface area (Å²) in [6, 6.07) is 0.353. The van der Waals surface area contributed by atoms with Crippen molar-refractivity contribution in [1.29, 1.82) is 5.26 Å². The van der Waals surface area contributed by atoms with Crippen LogP contribution in [0.25, 0.3) is 11.0 Å². The lowest BCUT2D eigenvalue weighted by Gasteiger charge is -2.41. The minimum absolute atomic E-state index is 0.110. The Labute approximate surface area is 201 Å². The predicted molar refractivity (Wildman–Crippen MR) is 130 cm³/mol. The number of hydrogen-bond donors (Lipinski definition) is 0. The molecule has 0 N–H and O–H groups in total. The average Bonchev–Trinajstić information content (AvgIpc) is 3.57. The van der Waals surface area contributed by atoms with Crippen LogP contribution in [0.4, 0.5) is 10.6 Å². The van der Waals surface area contributed by atoms with Crippen molar-refractivity contribution in [1.82, 2.24) is 24.3 Å². The third-order valence-corrected chi connectivity index (χ3v) is 7.12. The van der Waals surface area contributed by atoms with Crippen LogP contribution in [0, 0.1) is 11.5 Å². The zero-order valence-corrected chi connectivity index (χ0v) is 20.7. The minimum Gasteiger partial charge on any atom is -0.444 e. The molecule has 0 bridgehead atoms. The summed E-state index contributed by atoms with van der Waals surface area (Å²) in [5, 5.41) is 10.6. The van der Waals surface area contributed by atoms with Gasteiger partial charge in [-0.1, -0.05) is 0 Å². The fourth-order valence-corrected chi connectivity index (χ4v) is 5.33. The van der Waals surface area contributed by atoms with Gasteiger partial charge in [-0.25, -0.2) is 14.8 Å². The average molecular weight is 466 g/mol. The van der Waals surface area contributed by atoms with E-state index in [4.69, 9.17) is 14.7 Å². The van der Waals surface area contributed by atoms with Crippen LogP contribution in [-0.2, 0) is 4.74 Å². The second-order valence-electron chi connectivity index (χ2n) is 11.0. The number of anilines is 1. The maximum Gasteiger partial charge on any atom is 0.410 e. The minimum atomic E-state index is -0.501. The first kappa shape index (κ1) is 22.8. The molecule has 1 amide bonds.